The second kappa shape index (κ2) is 13.0. The van der Waals surface area contributed by atoms with Crippen LogP contribution in [0, 0.1) is 11.8 Å². The van der Waals surface area contributed by atoms with E-state index in [2.05, 4.69) is 200 Å². The van der Waals surface area contributed by atoms with E-state index in [1.54, 1.807) is 0 Å². The van der Waals surface area contributed by atoms with Crippen molar-refractivity contribution >= 4 is 44.2 Å². The first kappa shape index (κ1) is 31.4. The highest BCUT2D eigenvalue weighted by Gasteiger charge is 2.38. The molecule has 3 unspecified atom stereocenters. The molecule has 254 valence electrons. The summed E-state index contributed by atoms with van der Waals surface area (Å²) in [6, 6.07) is 57.4. The van der Waals surface area contributed by atoms with Gasteiger partial charge in [-0.15, -0.1) is 0 Å². The molecule has 0 aromatic heterocycles. The number of benzene rings is 7. The van der Waals surface area contributed by atoms with Gasteiger partial charge in [0, 0.05) is 28.6 Å². The van der Waals surface area contributed by atoms with Gasteiger partial charge in [-0.1, -0.05) is 146 Å². The van der Waals surface area contributed by atoms with Crippen molar-refractivity contribution in [3.8, 4) is 22.3 Å². The van der Waals surface area contributed by atoms with Crippen molar-refractivity contribution in [1.29, 1.82) is 0 Å². The number of nitrogens with zero attached hydrogens (tertiary/aromatic N) is 1. The quantitative estimate of drug-likeness (QED) is 0.162. The van der Waals surface area contributed by atoms with Gasteiger partial charge >= 0.3 is 0 Å². The molecule has 7 aromatic rings. The topological polar surface area (TPSA) is 12.5 Å². The lowest BCUT2D eigenvalue weighted by Gasteiger charge is -2.27. The SMILES string of the molecule is CC1C=C(c2ccc(N(c3ccc(-c4ccccc4)cc3)c3ccc(-c4cc5ccccc5c5ccccc45)cc3)cc2)C2=C(C1)C1C=CC=CC1O2. The van der Waals surface area contributed by atoms with E-state index in [9.17, 15) is 0 Å². The van der Waals surface area contributed by atoms with E-state index in [4.69, 9.17) is 4.74 Å². The smallest absolute Gasteiger partial charge is 0.127 e. The number of anilines is 3. The molecule has 53 heavy (non-hydrogen) atoms. The molecular formula is C51H39NO. The molecule has 2 heteroatoms. The largest absolute Gasteiger partial charge is 0.485 e. The van der Waals surface area contributed by atoms with E-state index in [-0.39, 0.29) is 6.10 Å². The molecule has 0 saturated heterocycles. The second-order valence-corrected chi connectivity index (χ2v) is 14.5. The van der Waals surface area contributed by atoms with Crippen LogP contribution in [0.25, 0.3) is 49.4 Å². The molecule has 1 aliphatic heterocycles. The summed E-state index contributed by atoms with van der Waals surface area (Å²) in [5, 5.41) is 5.09. The Hall–Kier alpha value is -6.38. The van der Waals surface area contributed by atoms with Crippen molar-refractivity contribution in [2.75, 3.05) is 4.90 Å². The number of hydrogen-bond donors (Lipinski definition) is 0. The molecule has 0 fully saturated rings. The van der Waals surface area contributed by atoms with E-state index in [0.29, 0.717) is 11.8 Å². The van der Waals surface area contributed by atoms with E-state index in [0.717, 1.165) is 29.2 Å². The average molecular weight is 682 g/mol. The second-order valence-electron chi connectivity index (χ2n) is 14.5. The van der Waals surface area contributed by atoms with Crippen LogP contribution in [0.4, 0.5) is 17.1 Å². The first-order chi connectivity index (χ1) is 26.2. The first-order valence-corrected chi connectivity index (χ1v) is 18.7. The van der Waals surface area contributed by atoms with Gasteiger partial charge in [0.05, 0.1) is 0 Å². The number of rotatable bonds is 6. The van der Waals surface area contributed by atoms with E-state index in [1.807, 2.05) is 0 Å². The predicted molar refractivity (Wildman–Crippen MR) is 222 cm³/mol. The third kappa shape index (κ3) is 5.59. The van der Waals surface area contributed by atoms with Gasteiger partial charge in [0.25, 0.3) is 0 Å². The Kier molecular flexibility index (Phi) is 7.69. The van der Waals surface area contributed by atoms with E-state index >= 15 is 0 Å². The first-order valence-electron chi connectivity index (χ1n) is 18.7. The summed E-state index contributed by atoms with van der Waals surface area (Å²) in [7, 11) is 0. The van der Waals surface area contributed by atoms with Crippen LogP contribution in [0.2, 0.25) is 0 Å². The van der Waals surface area contributed by atoms with Gasteiger partial charge in [0.2, 0.25) is 0 Å². The fraction of sp³-hybridized carbons (Fsp3) is 0.0980. The van der Waals surface area contributed by atoms with Gasteiger partial charge in [0.15, 0.2) is 0 Å². The maximum Gasteiger partial charge on any atom is 0.127 e. The third-order valence-corrected chi connectivity index (χ3v) is 11.1. The van der Waals surface area contributed by atoms with Crippen LogP contribution in [-0.4, -0.2) is 6.10 Å². The van der Waals surface area contributed by atoms with Gasteiger partial charge in [-0.25, -0.2) is 0 Å². The molecule has 1 heterocycles. The summed E-state index contributed by atoms with van der Waals surface area (Å²) in [6.07, 6.45) is 12.3. The monoisotopic (exact) mass is 681 g/mol. The number of hydrogen-bond acceptors (Lipinski definition) is 2. The van der Waals surface area contributed by atoms with Gasteiger partial charge in [-0.05, 0) is 116 Å². The zero-order valence-corrected chi connectivity index (χ0v) is 29.7. The predicted octanol–water partition coefficient (Wildman–Crippen LogP) is 13.6. The highest BCUT2D eigenvalue weighted by Crippen LogP contribution is 2.48. The van der Waals surface area contributed by atoms with Crippen molar-refractivity contribution in [3.05, 3.63) is 205 Å². The van der Waals surface area contributed by atoms with Crippen LogP contribution in [0.15, 0.2) is 199 Å². The van der Waals surface area contributed by atoms with Crippen LogP contribution in [-0.2, 0) is 4.74 Å². The molecule has 10 rings (SSSR count). The normalized spacial score (nSPS) is 18.8. The Morgan fingerprint density at radius 2 is 1.09 bits per heavy atom. The molecule has 3 atom stereocenters. The zero-order valence-electron chi connectivity index (χ0n) is 29.7. The highest BCUT2D eigenvalue weighted by atomic mass is 16.5. The maximum absolute atomic E-state index is 6.61. The Labute approximate surface area is 311 Å². The summed E-state index contributed by atoms with van der Waals surface area (Å²) in [6.45, 7) is 2.32. The summed E-state index contributed by atoms with van der Waals surface area (Å²) in [4.78, 5) is 2.36. The van der Waals surface area contributed by atoms with Crippen molar-refractivity contribution in [3.63, 3.8) is 0 Å². The molecule has 0 amide bonds. The summed E-state index contributed by atoms with van der Waals surface area (Å²) in [5.74, 6) is 1.88. The van der Waals surface area contributed by atoms with Crippen molar-refractivity contribution in [2.45, 2.75) is 19.4 Å². The zero-order chi connectivity index (χ0) is 35.3. The van der Waals surface area contributed by atoms with Crippen molar-refractivity contribution in [2.24, 2.45) is 11.8 Å². The lowest BCUT2D eigenvalue weighted by molar-refractivity contribution is 0.176. The van der Waals surface area contributed by atoms with Gasteiger partial charge in [-0.3, -0.25) is 0 Å². The van der Waals surface area contributed by atoms with Crippen LogP contribution >= 0.6 is 0 Å². The Morgan fingerprint density at radius 3 is 1.81 bits per heavy atom. The van der Waals surface area contributed by atoms with E-state index < -0.39 is 0 Å². The highest BCUT2D eigenvalue weighted by molar-refractivity contribution is 6.13. The van der Waals surface area contributed by atoms with Crippen molar-refractivity contribution < 1.29 is 4.74 Å². The molecule has 0 N–H and O–H groups in total. The lowest BCUT2D eigenvalue weighted by Crippen LogP contribution is -2.16. The number of fused-ring (bicyclic) bond motifs is 5. The number of allylic oxidation sites excluding steroid dienone is 4. The molecule has 0 radical (unpaired) electrons. The van der Waals surface area contributed by atoms with Crippen LogP contribution in [0.1, 0.15) is 18.9 Å². The Balaban J connectivity index is 1.04. The van der Waals surface area contributed by atoms with Gasteiger partial charge < -0.3 is 9.64 Å². The molecule has 0 saturated carbocycles. The molecular weight excluding hydrogens is 643 g/mol. The Morgan fingerprint density at radius 1 is 0.528 bits per heavy atom. The minimum absolute atomic E-state index is 0.0999. The molecule has 7 aromatic carbocycles. The van der Waals surface area contributed by atoms with Crippen LogP contribution < -0.4 is 4.90 Å². The van der Waals surface area contributed by atoms with Gasteiger partial charge in [0.1, 0.15) is 11.9 Å². The third-order valence-electron chi connectivity index (χ3n) is 11.1. The summed E-state index contributed by atoms with van der Waals surface area (Å²) < 4.78 is 6.61. The van der Waals surface area contributed by atoms with Gasteiger partial charge in [-0.2, -0.15) is 0 Å². The molecule has 2 nitrogen and oxygen atoms in total. The molecule has 0 bridgehead atoms. The average Bonchev–Trinajstić information content (AvgIpc) is 3.60. The minimum atomic E-state index is 0.0999. The fourth-order valence-corrected chi connectivity index (χ4v) is 8.59. The summed E-state index contributed by atoms with van der Waals surface area (Å²) >= 11 is 0. The molecule has 0 spiro atoms. The fourth-order valence-electron chi connectivity index (χ4n) is 8.59. The van der Waals surface area contributed by atoms with Crippen LogP contribution in [0.3, 0.4) is 0 Å². The van der Waals surface area contributed by atoms with Crippen molar-refractivity contribution in [1.82, 2.24) is 0 Å². The summed E-state index contributed by atoms with van der Waals surface area (Å²) in [5.41, 5.74) is 12.0. The number of ether oxygens (including phenoxy) is 1. The van der Waals surface area contributed by atoms with E-state index in [1.165, 1.54) is 60.5 Å². The minimum Gasteiger partial charge on any atom is -0.485 e. The van der Waals surface area contributed by atoms with Crippen LogP contribution in [0.5, 0.6) is 0 Å². The lowest BCUT2D eigenvalue weighted by atomic mass is 9.80. The molecule has 3 aliphatic rings. The standard InChI is InChI=1S/C51H39NO/c1-34-31-48(51-49(32-34)46-17-9-10-18-50(46)53-51)38-23-29-42(30-24-38)52(40-25-19-36(20-26-40)35-11-3-2-4-12-35)41-27-21-37(22-28-41)47-33-39-13-5-6-14-43(39)44-15-7-8-16-45(44)47/h2-31,33-34,46,50H,32H2,1H3. The molecule has 2 aliphatic carbocycles. The maximum atomic E-state index is 6.61. The Bertz CT molecular complexity index is 2610.